The maximum Gasteiger partial charge on any atom is 0.196 e. The van der Waals surface area contributed by atoms with Crippen molar-refractivity contribution in [1.82, 2.24) is 5.32 Å². The number of methoxy groups -OCH3 is 1. The summed E-state index contributed by atoms with van der Waals surface area (Å²) in [6, 6.07) is 14.1. The number of hydrogen-bond donors (Lipinski definition) is 2. The van der Waals surface area contributed by atoms with Gasteiger partial charge in [-0.15, -0.1) is 24.0 Å². The molecule has 28 heavy (non-hydrogen) atoms. The van der Waals surface area contributed by atoms with Crippen molar-refractivity contribution in [1.29, 1.82) is 0 Å². The van der Waals surface area contributed by atoms with Crippen LogP contribution in [0, 0.1) is 0 Å². The second kappa shape index (κ2) is 11.8. The molecule has 1 aliphatic heterocycles. The van der Waals surface area contributed by atoms with Crippen molar-refractivity contribution in [3.63, 3.8) is 0 Å². The molecule has 0 amide bonds. The SMILES string of the molecule is CCNC(=NCc1ccc(COC)cc1)Nc1ccc2c(c1)OCCCO2.I. The van der Waals surface area contributed by atoms with Crippen molar-refractivity contribution in [3.05, 3.63) is 53.6 Å². The van der Waals surface area contributed by atoms with Gasteiger partial charge >= 0.3 is 0 Å². The smallest absolute Gasteiger partial charge is 0.196 e. The van der Waals surface area contributed by atoms with Gasteiger partial charge in [-0.2, -0.15) is 0 Å². The van der Waals surface area contributed by atoms with Crippen molar-refractivity contribution in [2.24, 2.45) is 4.99 Å². The number of benzene rings is 2. The molecular weight excluding hydrogens is 469 g/mol. The minimum absolute atomic E-state index is 0. The van der Waals surface area contributed by atoms with Crippen LogP contribution in [0.4, 0.5) is 5.69 Å². The molecule has 0 radical (unpaired) electrons. The molecule has 0 atom stereocenters. The van der Waals surface area contributed by atoms with Crippen molar-refractivity contribution in [2.75, 3.05) is 32.2 Å². The predicted octanol–water partition coefficient (Wildman–Crippen LogP) is 4.19. The minimum atomic E-state index is 0. The normalized spacial score (nSPS) is 13.3. The molecule has 0 saturated heterocycles. The van der Waals surface area contributed by atoms with Gasteiger partial charge in [-0.1, -0.05) is 24.3 Å². The maximum absolute atomic E-state index is 5.76. The number of rotatable bonds is 6. The Morgan fingerprint density at radius 1 is 1.04 bits per heavy atom. The average molecular weight is 497 g/mol. The quantitative estimate of drug-likeness (QED) is 0.356. The molecule has 2 N–H and O–H groups in total. The average Bonchev–Trinajstić information content (AvgIpc) is 2.93. The molecule has 152 valence electrons. The summed E-state index contributed by atoms with van der Waals surface area (Å²) in [5.74, 6) is 2.28. The summed E-state index contributed by atoms with van der Waals surface area (Å²) in [7, 11) is 1.70. The van der Waals surface area contributed by atoms with Gasteiger partial charge in [0.25, 0.3) is 0 Å². The first-order chi connectivity index (χ1) is 13.3. The Hall–Kier alpha value is -2.00. The predicted molar refractivity (Wildman–Crippen MR) is 123 cm³/mol. The highest BCUT2D eigenvalue weighted by molar-refractivity contribution is 14.0. The van der Waals surface area contributed by atoms with Crippen molar-refractivity contribution >= 4 is 35.6 Å². The molecule has 0 unspecified atom stereocenters. The van der Waals surface area contributed by atoms with Gasteiger partial charge in [0.1, 0.15) is 0 Å². The van der Waals surface area contributed by atoms with Gasteiger partial charge in [0, 0.05) is 31.8 Å². The number of nitrogens with zero attached hydrogens (tertiary/aromatic N) is 1. The van der Waals surface area contributed by atoms with Crippen LogP contribution in [0.3, 0.4) is 0 Å². The molecule has 6 nitrogen and oxygen atoms in total. The molecule has 0 saturated carbocycles. The minimum Gasteiger partial charge on any atom is -0.490 e. The van der Waals surface area contributed by atoms with Crippen LogP contribution >= 0.6 is 24.0 Å². The van der Waals surface area contributed by atoms with E-state index in [0.29, 0.717) is 26.4 Å². The van der Waals surface area contributed by atoms with E-state index in [0.717, 1.165) is 47.2 Å². The first-order valence-corrected chi connectivity index (χ1v) is 9.30. The van der Waals surface area contributed by atoms with Gasteiger partial charge in [0.05, 0.1) is 26.4 Å². The largest absolute Gasteiger partial charge is 0.490 e. The van der Waals surface area contributed by atoms with E-state index in [-0.39, 0.29) is 24.0 Å². The van der Waals surface area contributed by atoms with E-state index in [2.05, 4.69) is 39.9 Å². The van der Waals surface area contributed by atoms with Crippen LogP contribution < -0.4 is 20.1 Å². The Labute approximate surface area is 183 Å². The summed E-state index contributed by atoms with van der Waals surface area (Å²) in [4.78, 5) is 4.68. The fourth-order valence-corrected chi connectivity index (χ4v) is 2.76. The van der Waals surface area contributed by atoms with Crippen LogP contribution in [0.25, 0.3) is 0 Å². The molecule has 0 spiro atoms. The second-order valence-electron chi connectivity index (χ2n) is 6.28. The summed E-state index contributed by atoms with van der Waals surface area (Å²) in [6.07, 6.45) is 0.894. The summed E-state index contributed by atoms with van der Waals surface area (Å²) in [5, 5.41) is 6.61. The monoisotopic (exact) mass is 497 g/mol. The number of halogens is 1. The van der Waals surface area contributed by atoms with E-state index in [9.17, 15) is 0 Å². The lowest BCUT2D eigenvalue weighted by Crippen LogP contribution is -2.30. The number of aliphatic imine (C=N–C) groups is 1. The van der Waals surface area contributed by atoms with Gasteiger partial charge in [-0.25, -0.2) is 4.99 Å². The van der Waals surface area contributed by atoms with E-state index in [1.54, 1.807) is 7.11 Å². The third-order valence-corrected chi connectivity index (χ3v) is 4.11. The van der Waals surface area contributed by atoms with Crippen LogP contribution in [-0.4, -0.2) is 32.8 Å². The topological polar surface area (TPSA) is 64.1 Å². The van der Waals surface area contributed by atoms with Crippen LogP contribution in [0.15, 0.2) is 47.5 Å². The van der Waals surface area contributed by atoms with Gasteiger partial charge in [0.2, 0.25) is 0 Å². The highest BCUT2D eigenvalue weighted by atomic mass is 127. The van der Waals surface area contributed by atoms with Gasteiger partial charge in [0.15, 0.2) is 17.5 Å². The third-order valence-electron chi connectivity index (χ3n) is 4.11. The Kier molecular flexibility index (Phi) is 9.36. The van der Waals surface area contributed by atoms with E-state index in [1.165, 1.54) is 0 Å². The van der Waals surface area contributed by atoms with Crippen molar-refractivity contribution in [2.45, 2.75) is 26.5 Å². The van der Waals surface area contributed by atoms with Crippen LogP contribution in [0.1, 0.15) is 24.5 Å². The number of anilines is 1. The lowest BCUT2D eigenvalue weighted by atomic mass is 10.1. The highest BCUT2D eigenvalue weighted by Crippen LogP contribution is 2.32. The van der Waals surface area contributed by atoms with E-state index in [4.69, 9.17) is 14.2 Å². The zero-order valence-electron chi connectivity index (χ0n) is 16.4. The van der Waals surface area contributed by atoms with Crippen LogP contribution in [0.5, 0.6) is 11.5 Å². The van der Waals surface area contributed by atoms with Gasteiger partial charge in [-0.05, 0) is 30.2 Å². The first kappa shape index (κ1) is 22.3. The maximum atomic E-state index is 5.76. The Balaban J connectivity index is 0.00000280. The van der Waals surface area contributed by atoms with Crippen molar-refractivity contribution in [3.8, 4) is 11.5 Å². The fraction of sp³-hybridized carbons (Fsp3) is 0.381. The fourth-order valence-electron chi connectivity index (χ4n) is 2.76. The zero-order valence-corrected chi connectivity index (χ0v) is 18.7. The molecule has 2 aromatic carbocycles. The zero-order chi connectivity index (χ0) is 18.9. The molecule has 0 bridgehead atoms. The molecule has 2 aromatic rings. The summed E-state index contributed by atoms with van der Waals surface area (Å²) in [6.45, 7) is 5.40. The standard InChI is InChI=1S/C21H27N3O3.HI/c1-3-22-21(23-14-16-5-7-17(8-6-16)15-25-2)24-18-9-10-19-20(13-18)27-12-4-11-26-19;/h5-10,13H,3-4,11-12,14-15H2,1-2H3,(H2,22,23,24);1H. The number of guanidine groups is 1. The molecule has 0 fully saturated rings. The lowest BCUT2D eigenvalue weighted by Gasteiger charge is -2.14. The summed E-state index contributed by atoms with van der Waals surface area (Å²) >= 11 is 0. The molecule has 1 heterocycles. The molecule has 1 aliphatic rings. The Morgan fingerprint density at radius 2 is 1.75 bits per heavy atom. The molecule has 7 heteroatoms. The number of hydrogen-bond acceptors (Lipinski definition) is 4. The number of ether oxygens (including phenoxy) is 3. The number of nitrogens with one attached hydrogen (secondary N) is 2. The Morgan fingerprint density at radius 3 is 2.46 bits per heavy atom. The summed E-state index contributed by atoms with van der Waals surface area (Å²) < 4.78 is 16.6. The molecule has 0 aromatic heterocycles. The molecule has 3 rings (SSSR count). The van der Waals surface area contributed by atoms with E-state index < -0.39 is 0 Å². The third kappa shape index (κ3) is 6.56. The van der Waals surface area contributed by atoms with E-state index in [1.807, 2.05) is 25.1 Å². The van der Waals surface area contributed by atoms with Crippen LogP contribution in [-0.2, 0) is 17.9 Å². The van der Waals surface area contributed by atoms with Gasteiger partial charge < -0.3 is 24.8 Å². The Bertz CT molecular complexity index is 766. The van der Waals surface area contributed by atoms with Gasteiger partial charge in [-0.3, -0.25) is 0 Å². The summed E-state index contributed by atoms with van der Waals surface area (Å²) in [5.41, 5.74) is 3.21. The van der Waals surface area contributed by atoms with Crippen LogP contribution in [0.2, 0.25) is 0 Å². The molecule has 0 aliphatic carbocycles. The highest BCUT2D eigenvalue weighted by Gasteiger charge is 2.11. The lowest BCUT2D eigenvalue weighted by molar-refractivity contribution is 0.185. The number of fused-ring (bicyclic) bond motifs is 1. The molecular formula is C21H28IN3O3. The van der Waals surface area contributed by atoms with Crippen molar-refractivity contribution < 1.29 is 14.2 Å². The second-order valence-corrected chi connectivity index (χ2v) is 6.28. The van der Waals surface area contributed by atoms with E-state index >= 15 is 0 Å². The first-order valence-electron chi connectivity index (χ1n) is 9.30.